The normalized spacial score (nSPS) is 23.6. The summed E-state index contributed by atoms with van der Waals surface area (Å²) in [4.78, 5) is 2.46. The molecular formula is C10H15N3. The van der Waals surface area contributed by atoms with Crippen molar-refractivity contribution < 1.29 is 0 Å². The lowest BCUT2D eigenvalue weighted by atomic mass is 10.1. The topological polar surface area (TPSA) is 29.0 Å². The molecule has 13 heavy (non-hydrogen) atoms. The van der Waals surface area contributed by atoms with E-state index in [0.29, 0.717) is 6.04 Å². The van der Waals surface area contributed by atoms with Gasteiger partial charge in [-0.05, 0) is 38.1 Å². The molecule has 2 rings (SSSR count). The third-order valence-electron chi connectivity index (χ3n) is 2.70. The summed E-state index contributed by atoms with van der Waals surface area (Å²) in [5, 5.41) is 8.09. The van der Waals surface area contributed by atoms with E-state index < -0.39 is 0 Å². The Hall–Kier alpha value is -0.960. The van der Waals surface area contributed by atoms with Crippen molar-refractivity contribution in [3.05, 3.63) is 24.0 Å². The van der Waals surface area contributed by atoms with Crippen LogP contribution in [0.3, 0.4) is 0 Å². The summed E-state index contributed by atoms with van der Waals surface area (Å²) in [7, 11) is 0. The van der Waals surface area contributed by atoms with Crippen LogP contribution in [0.15, 0.2) is 18.3 Å². The average molecular weight is 177 g/mol. The first kappa shape index (κ1) is 8.63. The van der Waals surface area contributed by atoms with Crippen molar-refractivity contribution in [2.45, 2.75) is 25.8 Å². The molecule has 0 amide bonds. The summed E-state index contributed by atoms with van der Waals surface area (Å²) in [5.41, 5.74) is 1.13. The number of nitrogens with zero attached hydrogens (tertiary/aromatic N) is 3. The van der Waals surface area contributed by atoms with Gasteiger partial charge in [-0.3, -0.25) is 4.90 Å². The van der Waals surface area contributed by atoms with Crippen LogP contribution in [0.2, 0.25) is 0 Å². The number of hydrogen-bond acceptors (Lipinski definition) is 3. The van der Waals surface area contributed by atoms with E-state index >= 15 is 0 Å². The second-order valence-electron chi connectivity index (χ2n) is 3.44. The molecule has 3 heteroatoms. The molecule has 1 aliphatic rings. The van der Waals surface area contributed by atoms with Gasteiger partial charge in [0, 0.05) is 6.20 Å². The highest BCUT2D eigenvalue weighted by atomic mass is 15.2. The van der Waals surface area contributed by atoms with Crippen LogP contribution in [0.4, 0.5) is 0 Å². The predicted molar refractivity (Wildman–Crippen MR) is 51.3 cm³/mol. The summed E-state index contributed by atoms with van der Waals surface area (Å²) in [6, 6.07) is 4.55. The molecule has 1 aromatic rings. The maximum absolute atomic E-state index is 4.17. The van der Waals surface area contributed by atoms with Gasteiger partial charge in [-0.25, -0.2) is 0 Å². The van der Waals surface area contributed by atoms with Gasteiger partial charge < -0.3 is 0 Å². The van der Waals surface area contributed by atoms with E-state index in [1.54, 1.807) is 6.20 Å². The van der Waals surface area contributed by atoms with Crippen LogP contribution in [0.25, 0.3) is 0 Å². The lowest BCUT2D eigenvalue weighted by Crippen LogP contribution is -2.23. The summed E-state index contributed by atoms with van der Waals surface area (Å²) >= 11 is 0. The van der Waals surface area contributed by atoms with Gasteiger partial charge in [0.2, 0.25) is 0 Å². The van der Waals surface area contributed by atoms with Gasteiger partial charge in [-0.15, -0.1) is 0 Å². The fraction of sp³-hybridized carbons (Fsp3) is 0.600. The number of rotatable bonds is 2. The quantitative estimate of drug-likeness (QED) is 0.687. The van der Waals surface area contributed by atoms with Gasteiger partial charge in [0.25, 0.3) is 0 Å². The van der Waals surface area contributed by atoms with Crippen LogP contribution in [0.1, 0.15) is 31.5 Å². The Balaban J connectivity index is 2.16. The SMILES string of the molecule is CCN1CCCC1c1cccnn1. The van der Waals surface area contributed by atoms with E-state index in [9.17, 15) is 0 Å². The van der Waals surface area contributed by atoms with E-state index in [1.165, 1.54) is 19.4 Å². The Labute approximate surface area is 78.8 Å². The zero-order chi connectivity index (χ0) is 9.10. The van der Waals surface area contributed by atoms with E-state index in [1.807, 2.05) is 6.07 Å². The van der Waals surface area contributed by atoms with Gasteiger partial charge in [0.05, 0.1) is 11.7 Å². The zero-order valence-electron chi connectivity index (χ0n) is 7.98. The van der Waals surface area contributed by atoms with Gasteiger partial charge in [-0.1, -0.05) is 6.92 Å². The Morgan fingerprint density at radius 2 is 2.54 bits per heavy atom. The molecule has 3 nitrogen and oxygen atoms in total. The third-order valence-corrected chi connectivity index (χ3v) is 2.70. The first-order valence-corrected chi connectivity index (χ1v) is 4.93. The Kier molecular flexibility index (Phi) is 2.54. The Morgan fingerprint density at radius 3 is 3.23 bits per heavy atom. The second-order valence-corrected chi connectivity index (χ2v) is 3.44. The molecule has 1 atom stereocenters. The number of hydrogen-bond donors (Lipinski definition) is 0. The number of aromatic nitrogens is 2. The molecule has 1 aliphatic heterocycles. The molecule has 0 aliphatic carbocycles. The summed E-state index contributed by atoms with van der Waals surface area (Å²) in [5.74, 6) is 0. The van der Waals surface area contributed by atoms with Crippen LogP contribution in [-0.2, 0) is 0 Å². The molecule has 1 saturated heterocycles. The molecule has 1 aromatic heterocycles. The standard InChI is InChI=1S/C10H15N3/c1-2-13-8-4-6-10(13)9-5-3-7-11-12-9/h3,5,7,10H,2,4,6,8H2,1H3. The van der Waals surface area contributed by atoms with Crippen molar-refractivity contribution in [2.24, 2.45) is 0 Å². The van der Waals surface area contributed by atoms with Gasteiger partial charge in [-0.2, -0.15) is 10.2 Å². The highest BCUT2D eigenvalue weighted by Crippen LogP contribution is 2.29. The van der Waals surface area contributed by atoms with Crippen LogP contribution in [0, 0.1) is 0 Å². The zero-order valence-corrected chi connectivity index (χ0v) is 7.98. The van der Waals surface area contributed by atoms with E-state index in [2.05, 4.69) is 28.1 Å². The van der Waals surface area contributed by atoms with Crippen molar-refractivity contribution in [3.63, 3.8) is 0 Å². The van der Waals surface area contributed by atoms with E-state index in [-0.39, 0.29) is 0 Å². The fourth-order valence-electron chi connectivity index (χ4n) is 2.03. The molecule has 2 heterocycles. The summed E-state index contributed by atoms with van der Waals surface area (Å²) < 4.78 is 0. The van der Waals surface area contributed by atoms with E-state index in [0.717, 1.165) is 12.2 Å². The maximum Gasteiger partial charge on any atom is 0.0802 e. The highest BCUT2D eigenvalue weighted by Gasteiger charge is 2.25. The lowest BCUT2D eigenvalue weighted by Gasteiger charge is -2.21. The molecule has 70 valence electrons. The number of likely N-dealkylation sites (tertiary alicyclic amines) is 1. The smallest absolute Gasteiger partial charge is 0.0802 e. The monoisotopic (exact) mass is 177 g/mol. The van der Waals surface area contributed by atoms with Crippen LogP contribution >= 0.6 is 0 Å². The van der Waals surface area contributed by atoms with Crippen LogP contribution < -0.4 is 0 Å². The largest absolute Gasteiger partial charge is 0.295 e. The highest BCUT2D eigenvalue weighted by molar-refractivity contribution is 5.07. The van der Waals surface area contributed by atoms with Crippen molar-refractivity contribution in [1.29, 1.82) is 0 Å². The molecule has 1 fully saturated rings. The molecule has 0 aromatic carbocycles. The Bertz CT molecular complexity index is 260. The molecule has 0 radical (unpaired) electrons. The Morgan fingerprint density at radius 1 is 1.62 bits per heavy atom. The van der Waals surface area contributed by atoms with Gasteiger partial charge >= 0.3 is 0 Å². The molecule has 0 N–H and O–H groups in total. The second kappa shape index (κ2) is 3.83. The lowest BCUT2D eigenvalue weighted by molar-refractivity contribution is 0.266. The summed E-state index contributed by atoms with van der Waals surface area (Å²) in [6.45, 7) is 4.52. The minimum absolute atomic E-state index is 0.513. The minimum atomic E-state index is 0.513. The predicted octanol–water partition coefficient (Wildman–Crippen LogP) is 1.63. The van der Waals surface area contributed by atoms with Crippen molar-refractivity contribution in [2.75, 3.05) is 13.1 Å². The first-order chi connectivity index (χ1) is 6.42. The fourth-order valence-corrected chi connectivity index (χ4v) is 2.03. The van der Waals surface area contributed by atoms with Crippen molar-refractivity contribution in [3.8, 4) is 0 Å². The average Bonchev–Trinajstić information content (AvgIpc) is 2.67. The van der Waals surface area contributed by atoms with Crippen molar-refractivity contribution >= 4 is 0 Å². The van der Waals surface area contributed by atoms with Gasteiger partial charge in [0.15, 0.2) is 0 Å². The molecule has 1 unspecified atom stereocenters. The van der Waals surface area contributed by atoms with Gasteiger partial charge in [0.1, 0.15) is 0 Å². The molecule has 0 saturated carbocycles. The summed E-state index contributed by atoms with van der Waals surface area (Å²) in [6.07, 6.45) is 4.25. The maximum atomic E-state index is 4.17. The first-order valence-electron chi connectivity index (χ1n) is 4.93. The van der Waals surface area contributed by atoms with Crippen LogP contribution in [0.5, 0.6) is 0 Å². The van der Waals surface area contributed by atoms with Crippen molar-refractivity contribution in [1.82, 2.24) is 15.1 Å². The molecule has 0 bridgehead atoms. The minimum Gasteiger partial charge on any atom is -0.295 e. The van der Waals surface area contributed by atoms with E-state index in [4.69, 9.17) is 0 Å². The molecular weight excluding hydrogens is 162 g/mol. The van der Waals surface area contributed by atoms with Crippen LogP contribution in [-0.4, -0.2) is 28.2 Å². The third kappa shape index (κ3) is 1.70. The molecule has 0 spiro atoms.